The van der Waals surface area contributed by atoms with Crippen molar-refractivity contribution in [3.63, 3.8) is 0 Å². The molecular weight excluding hydrogens is 496 g/mol. The molecule has 2 atom stereocenters. The molecule has 4 rings (SSSR count). The van der Waals surface area contributed by atoms with E-state index in [0.29, 0.717) is 11.3 Å². The maximum absolute atomic E-state index is 12.9. The zero-order chi connectivity index (χ0) is 25.1. The number of aromatic nitrogens is 3. The van der Waals surface area contributed by atoms with Crippen molar-refractivity contribution < 1.29 is 28.9 Å². The second-order valence-electron chi connectivity index (χ2n) is 7.42. The first-order chi connectivity index (χ1) is 16.8. The van der Waals surface area contributed by atoms with E-state index in [0.717, 1.165) is 17.1 Å². The number of anilines is 1. The number of carbonyl (C=O) groups is 3. The van der Waals surface area contributed by atoms with Gasteiger partial charge in [0.15, 0.2) is 24.1 Å². The van der Waals surface area contributed by atoms with Crippen LogP contribution in [-0.4, -0.2) is 67.1 Å². The highest BCUT2D eigenvalue weighted by Gasteiger charge is 2.54. The van der Waals surface area contributed by atoms with Crippen LogP contribution in [0.4, 0.5) is 5.13 Å². The number of nitrogens with two attached hydrogens (primary N) is 1. The Balaban J connectivity index is 1.53. The molecule has 0 radical (unpaired) electrons. The number of nitrogens with zero attached hydrogens (tertiary/aromatic N) is 6. The fraction of sp³-hybridized carbons (Fsp3) is 0.300. The monoisotopic (exact) mass is 515 g/mol. The van der Waals surface area contributed by atoms with Crippen molar-refractivity contribution in [1.82, 2.24) is 19.6 Å². The summed E-state index contributed by atoms with van der Waals surface area (Å²) in [6, 6.07) is 4.69. The molecule has 15 heteroatoms. The molecule has 0 spiro atoms. The minimum atomic E-state index is -1.24. The van der Waals surface area contributed by atoms with E-state index >= 15 is 0 Å². The molecule has 2 aromatic heterocycles. The molecule has 0 bridgehead atoms. The van der Waals surface area contributed by atoms with Crippen molar-refractivity contribution in [1.29, 1.82) is 5.26 Å². The van der Waals surface area contributed by atoms with Crippen LogP contribution in [0.5, 0.6) is 0 Å². The maximum Gasteiger partial charge on any atom is 0.352 e. The van der Waals surface area contributed by atoms with Gasteiger partial charge in [-0.05, 0) is 6.07 Å². The van der Waals surface area contributed by atoms with E-state index in [1.54, 1.807) is 29.1 Å². The predicted octanol–water partition coefficient (Wildman–Crippen LogP) is -0.737. The number of hydrogen-bond acceptors (Lipinski definition) is 11. The first-order valence-corrected chi connectivity index (χ1v) is 11.9. The summed E-state index contributed by atoms with van der Waals surface area (Å²) in [6.45, 7) is 0.239. The summed E-state index contributed by atoms with van der Waals surface area (Å²) < 4.78 is 5.71. The number of carboxylic acids is 1. The highest BCUT2D eigenvalue weighted by Crippen LogP contribution is 2.40. The van der Waals surface area contributed by atoms with Crippen LogP contribution >= 0.6 is 23.3 Å². The van der Waals surface area contributed by atoms with Gasteiger partial charge in [-0.3, -0.25) is 14.5 Å². The first kappa shape index (κ1) is 24.1. The van der Waals surface area contributed by atoms with Gasteiger partial charge >= 0.3 is 5.97 Å². The summed E-state index contributed by atoms with van der Waals surface area (Å²) in [5.74, 6) is -2.26. The molecule has 0 saturated carbocycles. The van der Waals surface area contributed by atoms with Crippen molar-refractivity contribution in [3.05, 3.63) is 47.2 Å². The lowest BCUT2D eigenvalue weighted by molar-refractivity contribution is -0.689. The predicted molar refractivity (Wildman–Crippen MR) is 124 cm³/mol. The SMILES string of the molecule is CO/N=C(\C(=O)N[C@@H]1C(=O)N2C(C(=O)O)=C(C[n+]3cccc(CC#N)c3)CS[C@H]12)c1nsc(N)n1. The molecule has 0 aromatic carbocycles. The third kappa shape index (κ3) is 4.79. The van der Waals surface area contributed by atoms with Gasteiger partial charge in [0, 0.05) is 34.5 Å². The lowest BCUT2D eigenvalue weighted by atomic mass is 10.0. The highest BCUT2D eigenvalue weighted by molar-refractivity contribution is 8.00. The molecule has 2 amide bonds. The van der Waals surface area contributed by atoms with Crippen molar-refractivity contribution in [2.24, 2.45) is 5.16 Å². The molecule has 2 aromatic rings. The number of pyridine rings is 1. The third-order valence-corrected chi connectivity index (χ3v) is 7.05. The van der Waals surface area contributed by atoms with Crippen LogP contribution in [0.3, 0.4) is 0 Å². The average Bonchev–Trinajstić information content (AvgIpc) is 3.26. The van der Waals surface area contributed by atoms with Gasteiger partial charge in [-0.1, -0.05) is 5.16 Å². The van der Waals surface area contributed by atoms with Gasteiger partial charge in [-0.2, -0.15) is 14.6 Å². The Labute approximate surface area is 207 Å². The van der Waals surface area contributed by atoms with Crippen LogP contribution in [0.1, 0.15) is 11.4 Å². The number of β-lactam (4-membered cyclic amide) rings is 1. The number of oxime groups is 1. The second-order valence-corrected chi connectivity index (χ2v) is 9.30. The lowest BCUT2D eigenvalue weighted by Gasteiger charge is -2.49. The van der Waals surface area contributed by atoms with Gasteiger partial charge < -0.3 is 21.0 Å². The summed E-state index contributed by atoms with van der Waals surface area (Å²) in [5.41, 5.74) is 6.54. The second kappa shape index (κ2) is 10.1. The van der Waals surface area contributed by atoms with Crippen LogP contribution in [-0.2, 0) is 32.2 Å². The number of nitrogen functional groups attached to an aromatic ring is 1. The van der Waals surface area contributed by atoms with Gasteiger partial charge in [-0.25, -0.2) is 9.36 Å². The molecule has 2 aliphatic rings. The summed E-state index contributed by atoms with van der Waals surface area (Å²) in [7, 11) is 1.25. The third-order valence-electron chi connectivity index (χ3n) is 5.16. The van der Waals surface area contributed by atoms with Crippen molar-refractivity contribution in [3.8, 4) is 6.07 Å². The Morgan fingerprint density at radius 3 is 2.97 bits per heavy atom. The summed E-state index contributed by atoms with van der Waals surface area (Å²) in [6.07, 6.45) is 3.76. The minimum Gasteiger partial charge on any atom is -0.477 e. The molecule has 4 N–H and O–H groups in total. The topological polar surface area (TPSA) is 188 Å². The largest absolute Gasteiger partial charge is 0.477 e. The molecule has 2 aliphatic heterocycles. The number of aliphatic carboxylic acids is 1. The Hall–Kier alpha value is -4.03. The molecule has 1 fully saturated rings. The molecular formula is C20H19N8O5S2+. The van der Waals surface area contributed by atoms with Crippen LogP contribution in [0.2, 0.25) is 0 Å². The number of carboxylic acid groups (broad SMARTS) is 1. The lowest BCUT2D eigenvalue weighted by Crippen LogP contribution is -2.71. The maximum atomic E-state index is 12.9. The zero-order valence-electron chi connectivity index (χ0n) is 18.2. The Morgan fingerprint density at radius 2 is 2.31 bits per heavy atom. The number of hydrogen-bond donors (Lipinski definition) is 3. The fourth-order valence-electron chi connectivity index (χ4n) is 3.71. The number of carbonyl (C=O) groups excluding carboxylic acids is 2. The van der Waals surface area contributed by atoms with Gasteiger partial charge in [0.2, 0.25) is 11.5 Å². The van der Waals surface area contributed by atoms with Crippen molar-refractivity contribution in [2.45, 2.75) is 24.4 Å². The summed E-state index contributed by atoms with van der Waals surface area (Å²) in [5, 5.41) is 24.5. The molecule has 0 aliphatic carbocycles. The molecule has 1 saturated heterocycles. The normalized spacial score (nSPS) is 19.5. The van der Waals surface area contributed by atoms with Crippen molar-refractivity contribution >= 4 is 51.9 Å². The quantitative estimate of drug-likeness (QED) is 0.175. The zero-order valence-corrected chi connectivity index (χ0v) is 19.9. The summed E-state index contributed by atoms with van der Waals surface area (Å²) in [4.78, 5) is 47.6. The van der Waals surface area contributed by atoms with Gasteiger partial charge in [0.25, 0.3) is 11.8 Å². The summed E-state index contributed by atoms with van der Waals surface area (Å²) >= 11 is 2.21. The van der Waals surface area contributed by atoms with E-state index < -0.39 is 29.2 Å². The molecule has 0 unspecified atom stereocenters. The average molecular weight is 516 g/mol. The fourth-order valence-corrected chi connectivity index (χ4v) is 5.48. The standard InChI is InChI=1S/C20H18N8O5S2/c1-33-25-12(15-24-20(22)35-26-15)16(29)23-13-17(30)28-14(19(31)32)11(9-34-18(13)28)8-27-6-2-3-10(7-27)4-5-21/h2-3,6-7,13,18H,4,8-9H2,1H3,(H3-,22,23,24,26,29,31,32)/p+1/b25-12-/t13-,18-/m1/s1. The van der Waals surface area contributed by atoms with Crippen LogP contribution in [0.15, 0.2) is 41.0 Å². The van der Waals surface area contributed by atoms with Gasteiger partial charge in [0.1, 0.15) is 24.2 Å². The Kier molecular flexibility index (Phi) is 6.94. The van der Waals surface area contributed by atoms with E-state index in [2.05, 4.69) is 25.9 Å². The van der Waals surface area contributed by atoms with Crippen molar-refractivity contribution in [2.75, 3.05) is 18.6 Å². The van der Waals surface area contributed by atoms with E-state index in [4.69, 9.17) is 15.8 Å². The van der Waals surface area contributed by atoms with Gasteiger partial charge in [-0.15, -0.1) is 11.8 Å². The van der Waals surface area contributed by atoms with Crippen LogP contribution in [0, 0.1) is 11.3 Å². The van der Waals surface area contributed by atoms with Crippen LogP contribution < -0.4 is 15.6 Å². The molecule has 180 valence electrons. The Bertz CT molecular complexity index is 1300. The number of amides is 2. The highest BCUT2D eigenvalue weighted by atomic mass is 32.2. The number of nitriles is 1. The molecule has 13 nitrogen and oxygen atoms in total. The van der Waals surface area contributed by atoms with E-state index in [-0.39, 0.29) is 35.3 Å². The Morgan fingerprint density at radius 1 is 1.51 bits per heavy atom. The number of rotatable bonds is 8. The molecule has 4 heterocycles. The number of thioether (sulfide) groups is 1. The molecule has 35 heavy (non-hydrogen) atoms. The number of nitrogens with one attached hydrogen (secondary N) is 1. The van der Waals surface area contributed by atoms with E-state index in [9.17, 15) is 19.5 Å². The van der Waals surface area contributed by atoms with E-state index in [1.807, 2.05) is 0 Å². The first-order valence-electron chi connectivity index (χ1n) is 10.1. The number of fused-ring (bicyclic) bond motifs is 1. The van der Waals surface area contributed by atoms with E-state index in [1.165, 1.54) is 23.8 Å². The van der Waals surface area contributed by atoms with Gasteiger partial charge in [0.05, 0.1) is 12.5 Å². The smallest absolute Gasteiger partial charge is 0.352 e. The van der Waals surface area contributed by atoms with Crippen LogP contribution in [0.25, 0.3) is 0 Å². The minimum absolute atomic E-state index is 0.0455.